The van der Waals surface area contributed by atoms with Crippen LogP contribution in [0.25, 0.3) is 0 Å². The average Bonchev–Trinajstić information content (AvgIpc) is 2.64. The van der Waals surface area contributed by atoms with Crippen molar-refractivity contribution < 1.29 is 9.47 Å². The molecule has 74 valence electrons. The Kier molecular flexibility index (Phi) is 2.39. The molecule has 1 aromatic rings. The SMILES string of the molecule is CCOC(=N)c1ccc2c(c1)CCO2. The van der Waals surface area contributed by atoms with Crippen LogP contribution >= 0.6 is 0 Å². The summed E-state index contributed by atoms with van der Waals surface area (Å²) in [6, 6.07) is 5.74. The smallest absolute Gasteiger partial charge is 0.213 e. The number of rotatable bonds is 2. The standard InChI is InChI=1S/C11H13NO2/c1-2-13-11(12)9-3-4-10-8(7-9)5-6-14-10/h3-4,7,12H,2,5-6H2,1H3. The summed E-state index contributed by atoms with van der Waals surface area (Å²) in [5.74, 6) is 1.18. The van der Waals surface area contributed by atoms with Gasteiger partial charge in [0.15, 0.2) is 0 Å². The van der Waals surface area contributed by atoms with E-state index in [2.05, 4.69) is 0 Å². The van der Waals surface area contributed by atoms with Gasteiger partial charge in [-0.1, -0.05) is 0 Å². The molecular formula is C11H13NO2. The Morgan fingerprint density at radius 2 is 2.43 bits per heavy atom. The van der Waals surface area contributed by atoms with Gasteiger partial charge < -0.3 is 9.47 Å². The summed E-state index contributed by atoms with van der Waals surface area (Å²) in [6.45, 7) is 3.16. The predicted octanol–water partition coefficient (Wildman–Crippen LogP) is 1.98. The minimum absolute atomic E-state index is 0.238. The van der Waals surface area contributed by atoms with Crippen LogP contribution in [0.15, 0.2) is 18.2 Å². The van der Waals surface area contributed by atoms with Crippen molar-refractivity contribution in [1.29, 1.82) is 5.41 Å². The number of hydrogen-bond acceptors (Lipinski definition) is 3. The van der Waals surface area contributed by atoms with Crippen LogP contribution < -0.4 is 4.74 Å². The number of benzene rings is 1. The van der Waals surface area contributed by atoms with Crippen LogP contribution in [0.5, 0.6) is 5.75 Å². The normalized spacial score (nSPS) is 13.2. The van der Waals surface area contributed by atoms with Crippen LogP contribution in [0.2, 0.25) is 0 Å². The van der Waals surface area contributed by atoms with Crippen LogP contribution in [0.3, 0.4) is 0 Å². The van der Waals surface area contributed by atoms with Crippen LogP contribution in [0, 0.1) is 5.41 Å². The van der Waals surface area contributed by atoms with E-state index in [1.807, 2.05) is 25.1 Å². The largest absolute Gasteiger partial charge is 0.493 e. The van der Waals surface area contributed by atoms with Crippen molar-refractivity contribution in [3.05, 3.63) is 29.3 Å². The number of hydrogen-bond donors (Lipinski definition) is 1. The zero-order valence-electron chi connectivity index (χ0n) is 8.17. The molecular weight excluding hydrogens is 178 g/mol. The van der Waals surface area contributed by atoms with Gasteiger partial charge in [-0.3, -0.25) is 5.41 Å². The van der Waals surface area contributed by atoms with E-state index in [-0.39, 0.29) is 5.90 Å². The summed E-state index contributed by atoms with van der Waals surface area (Å²) in [4.78, 5) is 0. The minimum Gasteiger partial charge on any atom is -0.493 e. The zero-order chi connectivity index (χ0) is 9.97. The molecule has 0 unspecified atom stereocenters. The van der Waals surface area contributed by atoms with E-state index in [1.165, 1.54) is 5.56 Å². The van der Waals surface area contributed by atoms with Crippen molar-refractivity contribution in [2.24, 2.45) is 0 Å². The molecule has 1 N–H and O–H groups in total. The van der Waals surface area contributed by atoms with E-state index in [9.17, 15) is 0 Å². The van der Waals surface area contributed by atoms with E-state index in [1.54, 1.807) is 0 Å². The molecule has 0 spiro atoms. The van der Waals surface area contributed by atoms with Crippen molar-refractivity contribution >= 4 is 5.90 Å². The predicted molar refractivity (Wildman–Crippen MR) is 54.1 cm³/mol. The first kappa shape index (κ1) is 9.06. The molecule has 0 saturated heterocycles. The minimum atomic E-state index is 0.238. The summed E-state index contributed by atoms with van der Waals surface area (Å²) in [5, 5.41) is 7.63. The molecule has 0 bridgehead atoms. The average molecular weight is 191 g/mol. The van der Waals surface area contributed by atoms with E-state index >= 15 is 0 Å². The third-order valence-electron chi connectivity index (χ3n) is 2.24. The lowest BCUT2D eigenvalue weighted by atomic mass is 10.1. The number of nitrogens with one attached hydrogen (secondary N) is 1. The van der Waals surface area contributed by atoms with Crippen LogP contribution in [-0.2, 0) is 11.2 Å². The lowest BCUT2D eigenvalue weighted by molar-refractivity contribution is 0.325. The van der Waals surface area contributed by atoms with E-state index in [0.29, 0.717) is 6.61 Å². The van der Waals surface area contributed by atoms with Crippen molar-refractivity contribution in [3.63, 3.8) is 0 Å². The van der Waals surface area contributed by atoms with Crippen molar-refractivity contribution in [2.45, 2.75) is 13.3 Å². The molecule has 14 heavy (non-hydrogen) atoms. The second-order valence-corrected chi connectivity index (χ2v) is 3.18. The molecule has 1 aliphatic heterocycles. The monoisotopic (exact) mass is 191 g/mol. The highest BCUT2D eigenvalue weighted by atomic mass is 16.5. The molecule has 1 aromatic carbocycles. The Bertz CT molecular complexity index is 360. The van der Waals surface area contributed by atoms with Gasteiger partial charge in [0.2, 0.25) is 5.90 Å². The van der Waals surface area contributed by atoms with Crippen molar-refractivity contribution in [2.75, 3.05) is 13.2 Å². The topological polar surface area (TPSA) is 42.3 Å². The first-order chi connectivity index (χ1) is 6.81. The van der Waals surface area contributed by atoms with Gasteiger partial charge in [-0.15, -0.1) is 0 Å². The molecule has 1 heterocycles. The first-order valence-electron chi connectivity index (χ1n) is 4.78. The van der Waals surface area contributed by atoms with Gasteiger partial charge in [-0.2, -0.15) is 0 Å². The zero-order valence-corrected chi connectivity index (χ0v) is 8.17. The van der Waals surface area contributed by atoms with Gasteiger partial charge >= 0.3 is 0 Å². The second-order valence-electron chi connectivity index (χ2n) is 3.18. The van der Waals surface area contributed by atoms with Gasteiger partial charge in [0.25, 0.3) is 0 Å². The fourth-order valence-electron chi connectivity index (χ4n) is 1.56. The molecule has 0 amide bonds. The lowest BCUT2D eigenvalue weighted by Gasteiger charge is -2.06. The maximum atomic E-state index is 7.63. The molecule has 0 aliphatic carbocycles. The number of fused-ring (bicyclic) bond motifs is 1. The molecule has 0 aromatic heterocycles. The Morgan fingerprint density at radius 3 is 3.21 bits per heavy atom. The Hall–Kier alpha value is -1.51. The number of ether oxygens (including phenoxy) is 2. The molecule has 3 nitrogen and oxygen atoms in total. The second kappa shape index (κ2) is 3.70. The molecule has 0 radical (unpaired) electrons. The summed E-state index contributed by atoms with van der Waals surface area (Å²) in [6.07, 6.45) is 0.933. The fraction of sp³-hybridized carbons (Fsp3) is 0.364. The maximum absolute atomic E-state index is 7.63. The van der Waals surface area contributed by atoms with Crippen LogP contribution in [0.4, 0.5) is 0 Å². The summed E-state index contributed by atoms with van der Waals surface area (Å²) >= 11 is 0. The van der Waals surface area contributed by atoms with Gasteiger partial charge in [0, 0.05) is 12.0 Å². The summed E-state index contributed by atoms with van der Waals surface area (Å²) in [5.41, 5.74) is 2.00. The molecule has 3 heteroatoms. The quantitative estimate of drug-likeness (QED) is 0.573. The van der Waals surface area contributed by atoms with Gasteiger partial charge in [0.05, 0.1) is 13.2 Å². The van der Waals surface area contributed by atoms with Crippen molar-refractivity contribution in [3.8, 4) is 5.75 Å². The highest BCUT2D eigenvalue weighted by Gasteiger charge is 2.13. The Morgan fingerprint density at radius 1 is 1.57 bits per heavy atom. The Labute approximate surface area is 83.2 Å². The highest BCUT2D eigenvalue weighted by molar-refractivity contribution is 5.92. The maximum Gasteiger partial charge on any atom is 0.213 e. The van der Waals surface area contributed by atoms with Gasteiger partial charge in [-0.25, -0.2) is 0 Å². The van der Waals surface area contributed by atoms with Gasteiger partial charge in [-0.05, 0) is 30.7 Å². The fourth-order valence-corrected chi connectivity index (χ4v) is 1.56. The molecule has 0 fully saturated rings. The molecule has 2 rings (SSSR count). The highest BCUT2D eigenvalue weighted by Crippen LogP contribution is 2.25. The van der Waals surface area contributed by atoms with Crippen LogP contribution in [-0.4, -0.2) is 19.1 Å². The van der Waals surface area contributed by atoms with Gasteiger partial charge in [0.1, 0.15) is 5.75 Å². The van der Waals surface area contributed by atoms with Crippen molar-refractivity contribution in [1.82, 2.24) is 0 Å². The lowest BCUT2D eigenvalue weighted by Crippen LogP contribution is -2.04. The van der Waals surface area contributed by atoms with E-state index in [4.69, 9.17) is 14.9 Å². The molecule has 0 atom stereocenters. The molecule has 0 saturated carbocycles. The third kappa shape index (κ3) is 1.58. The van der Waals surface area contributed by atoms with E-state index < -0.39 is 0 Å². The summed E-state index contributed by atoms with van der Waals surface area (Å²) < 4.78 is 10.5. The summed E-state index contributed by atoms with van der Waals surface area (Å²) in [7, 11) is 0. The Balaban J connectivity index is 2.24. The molecule has 1 aliphatic rings. The van der Waals surface area contributed by atoms with E-state index in [0.717, 1.165) is 24.3 Å². The third-order valence-corrected chi connectivity index (χ3v) is 2.24. The first-order valence-corrected chi connectivity index (χ1v) is 4.78. The van der Waals surface area contributed by atoms with Crippen LogP contribution in [0.1, 0.15) is 18.1 Å².